The molecule has 1 saturated heterocycles. The van der Waals surface area contributed by atoms with Gasteiger partial charge in [0.15, 0.2) is 0 Å². The lowest BCUT2D eigenvalue weighted by molar-refractivity contribution is -0.130. The maximum atomic E-state index is 12.9. The van der Waals surface area contributed by atoms with Gasteiger partial charge < -0.3 is 14.5 Å². The fraction of sp³-hybridized carbons (Fsp3) is 0.316. The van der Waals surface area contributed by atoms with Crippen LogP contribution in [0.2, 0.25) is 0 Å². The number of methoxy groups -OCH3 is 1. The van der Waals surface area contributed by atoms with Crippen LogP contribution in [0.4, 0.5) is 10.1 Å². The van der Waals surface area contributed by atoms with Crippen LogP contribution in [0.15, 0.2) is 48.5 Å². The summed E-state index contributed by atoms with van der Waals surface area (Å²) in [4.78, 5) is 16.5. The van der Waals surface area contributed by atoms with E-state index in [1.807, 2.05) is 23.1 Å². The molecule has 1 fully saturated rings. The first-order valence-corrected chi connectivity index (χ1v) is 8.07. The molecule has 24 heavy (non-hydrogen) atoms. The highest BCUT2D eigenvalue weighted by Crippen LogP contribution is 2.22. The second-order valence-electron chi connectivity index (χ2n) is 5.87. The van der Waals surface area contributed by atoms with Gasteiger partial charge in [-0.3, -0.25) is 4.79 Å². The number of hydrogen-bond acceptors (Lipinski definition) is 3. The lowest BCUT2D eigenvalue weighted by Crippen LogP contribution is -2.49. The molecular weight excluding hydrogens is 307 g/mol. The SMILES string of the molecule is COc1cccc(N2CCN(C(=O)Cc3ccc(F)cc3)CC2)c1. The fourth-order valence-electron chi connectivity index (χ4n) is 2.91. The Labute approximate surface area is 141 Å². The average molecular weight is 328 g/mol. The summed E-state index contributed by atoms with van der Waals surface area (Å²) < 4.78 is 18.2. The molecule has 0 spiro atoms. The van der Waals surface area contributed by atoms with E-state index in [1.54, 1.807) is 19.2 Å². The van der Waals surface area contributed by atoms with Crippen molar-refractivity contribution in [1.82, 2.24) is 4.90 Å². The normalized spacial score (nSPS) is 14.6. The topological polar surface area (TPSA) is 32.8 Å². The lowest BCUT2D eigenvalue weighted by atomic mass is 10.1. The number of piperazine rings is 1. The van der Waals surface area contributed by atoms with Crippen molar-refractivity contribution in [1.29, 1.82) is 0 Å². The van der Waals surface area contributed by atoms with Crippen molar-refractivity contribution in [2.75, 3.05) is 38.2 Å². The summed E-state index contributed by atoms with van der Waals surface area (Å²) in [5.41, 5.74) is 1.96. The molecule has 0 atom stereocenters. The van der Waals surface area contributed by atoms with Crippen LogP contribution < -0.4 is 9.64 Å². The highest BCUT2D eigenvalue weighted by Gasteiger charge is 2.21. The van der Waals surface area contributed by atoms with Crippen LogP contribution in [0.5, 0.6) is 5.75 Å². The van der Waals surface area contributed by atoms with Crippen LogP contribution in [0.25, 0.3) is 0 Å². The standard InChI is InChI=1S/C19H21FN2O2/c1-24-18-4-2-3-17(14-18)21-9-11-22(12-10-21)19(23)13-15-5-7-16(20)8-6-15/h2-8,14H,9-13H2,1H3. The molecular formula is C19H21FN2O2. The molecule has 2 aromatic rings. The van der Waals surface area contributed by atoms with Gasteiger partial charge in [0, 0.05) is 37.9 Å². The lowest BCUT2D eigenvalue weighted by Gasteiger charge is -2.36. The summed E-state index contributed by atoms with van der Waals surface area (Å²) in [5, 5.41) is 0. The van der Waals surface area contributed by atoms with Crippen molar-refractivity contribution < 1.29 is 13.9 Å². The van der Waals surface area contributed by atoms with Crippen molar-refractivity contribution in [3.63, 3.8) is 0 Å². The monoisotopic (exact) mass is 328 g/mol. The average Bonchev–Trinajstić information content (AvgIpc) is 2.64. The summed E-state index contributed by atoms with van der Waals surface area (Å²) >= 11 is 0. The van der Waals surface area contributed by atoms with Crippen LogP contribution in [0, 0.1) is 5.82 Å². The smallest absolute Gasteiger partial charge is 0.227 e. The van der Waals surface area contributed by atoms with E-state index in [-0.39, 0.29) is 11.7 Å². The molecule has 0 unspecified atom stereocenters. The van der Waals surface area contributed by atoms with Gasteiger partial charge >= 0.3 is 0 Å². The van der Waals surface area contributed by atoms with Gasteiger partial charge in [-0.25, -0.2) is 4.39 Å². The number of benzene rings is 2. The minimum atomic E-state index is -0.280. The maximum Gasteiger partial charge on any atom is 0.227 e. The third-order valence-corrected chi connectivity index (χ3v) is 4.32. The van der Waals surface area contributed by atoms with Crippen molar-refractivity contribution >= 4 is 11.6 Å². The van der Waals surface area contributed by atoms with Gasteiger partial charge in [-0.2, -0.15) is 0 Å². The zero-order valence-electron chi connectivity index (χ0n) is 13.7. The number of hydrogen-bond donors (Lipinski definition) is 0. The number of ether oxygens (including phenoxy) is 1. The molecule has 1 aliphatic rings. The number of anilines is 1. The van der Waals surface area contributed by atoms with Crippen molar-refractivity contribution in [2.45, 2.75) is 6.42 Å². The first kappa shape index (κ1) is 16.3. The molecule has 0 N–H and O–H groups in total. The minimum Gasteiger partial charge on any atom is -0.497 e. The third kappa shape index (κ3) is 3.85. The van der Waals surface area contributed by atoms with Crippen LogP contribution in [0.1, 0.15) is 5.56 Å². The van der Waals surface area contributed by atoms with E-state index in [1.165, 1.54) is 12.1 Å². The summed E-state index contributed by atoms with van der Waals surface area (Å²) in [5.74, 6) is 0.646. The van der Waals surface area contributed by atoms with Gasteiger partial charge in [-0.15, -0.1) is 0 Å². The Bertz CT molecular complexity index is 695. The molecule has 0 aromatic heterocycles. The Morgan fingerprint density at radius 2 is 1.79 bits per heavy atom. The van der Waals surface area contributed by atoms with Gasteiger partial charge in [-0.05, 0) is 29.8 Å². The first-order chi connectivity index (χ1) is 11.7. The summed E-state index contributed by atoms with van der Waals surface area (Å²) in [6.45, 7) is 2.97. The molecule has 5 heteroatoms. The quantitative estimate of drug-likeness (QED) is 0.865. The predicted octanol–water partition coefficient (Wildman–Crippen LogP) is 2.73. The second kappa shape index (κ2) is 7.34. The molecule has 1 heterocycles. The third-order valence-electron chi connectivity index (χ3n) is 4.32. The van der Waals surface area contributed by atoms with Crippen molar-refractivity contribution in [2.24, 2.45) is 0 Å². The molecule has 0 aliphatic carbocycles. The van der Waals surface area contributed by atoms with Crippen molar-refractivity contribution in [3.05, 3.63) is 59.9 Å². The Balaban J connectivity index is 1.56. The molecule has 1 amide bonds. The Hall–Kier alpha value is -2.56. The molecule has 0 radical (unpaired) electrons. The van der Waals surface area contributed by atoms with Gasteiger partial charge in [0.2, 0.25) is 5.91 Å². The number of amides is 1. The minimum absolute atomic E-state index is 0.0897. The van der Waals surface area contributed by atoms with E-state index in [0.29, 0.717) is 19.5 Å². The second-order valence-corrected chi connectivity index (χ2v) is 5.87. The van der Waals surface area contributed by atoms with E-state index in [9.17, 15) is 9.18 Å². The zero-order valence-corrected chi connectivity index (χ0v) is 13.7. The van der Waals surface area contributed by atoms with E-state index in [4.69, 9.17) is 4.74 Å². The first-order valence-electron chi connectivity index (χ1n) is 8.07. The highest BCUT2D eigenvalue weighted by molar-refractivity contribution is 5.79. The molecule has 0 saturated carbocycles. The Kier molecular flexibility index (Phi) is 4.99. The molecule has 0 bridgehead atoms. The van der Waals surface area contributed by atoms with E-state index in [0.717, 1.165) is 30.1 Å². The van der Waals surface area contributed by atoms with Crippen molar-refractivity contribution in [3.8, 4) is 5.75 Å². The van der Waals surface area contributed by atoms with Gasteiger partial charge in [0.25, 0.3) is 0 Å². The molecule has 3 rings (SSSR count). The highest BCUT2D eigenvalue weighted by atomic mass is 19.1. The zero-order chi connectivity index (χ0) is 16.9. The Morgan fingerprint density at radius 3 is 2.46 bits per heavy atom. The molecule has 1 aliphatic heterocycles. The van der Waals surface area contributed by atoms with Crippen LogP contribution in [-0.2, 0) is 11.2 Å². The maximum absolute atomic E-state index is 12.9. The van der Waals surface area contributed by atoms with Gasteiger partial charge in [0.05, 0.1) is 13.5 Å². The Morgan fingerprint density at radius 1 is 1.08 bits per heavy atom. The largest absolute Gasteiger partial charge is 0.497 e. The van der Waals surface area contributed by atoms with E-state index < -0.39 is 0 Å². The molecule has 2 aromatic carbocycles. The number of nitrogens with zero attached hydrogens (tertiary/aromatic N) is 2. The predicted molar refractivity (Wildman–Crippen MR) is 91.9 cm³/mol. The number of carbonyl (C=O) groups is 1. The summed E-state index contributed by atoms with van der Waals surface area (Å²) in [6, 6.07) is 14.1. The number of halogens is 1. The molecule has 126 valence electrons. The summed E-state index contributed by atoms with van der Waals surface area (Å²) in [7, 11) is 1.66. The van der Waals surface area contributed by atoms with Gasteiger partial charge in [-0.1, -0.05) is 18.2 Å². The van der Waals surface area contributed by atoms with Crippen LogP contribution in [-0.4, -0.2) is 44.1 Å². The molecule has 4 nitrogen and oxygen atoms in total. The fourth-order valence-corrected chi connectivity index (χ4v) is 2.91. The number of carbonyl (C=O) groups excluding carboxylic acids is 1. The van der Waals surface area contributed by atoms with E-state index >= 15 is 0 Å². The summed E-state index contributed by atoms with van der Waals surface area (Å²) in [6.07, 6.45) is 0.319. The van der Waals surface area contributed by atoms with Crippen LogP contribution >= 0.6 is 0 Å². The van der Waals surface area contributed by atoms with E-state index in [2.05, 4.69) is 11.0 Å². The van der Waals surface area contributed by atoms with Gasteiger partial charge in [0.1, 0.15) is 11.6 Å². The van der Waals surface area contributed by atoms with Crippen LogP contribution in [0.3, 0.4) is 0 Å². The number of rotatable bonds is 4.